The molecular formula is C54H72IN3O21S4. The van der Waals surface area contributed by atoms with E-state index in [-0.39, 0.29) is 71.2 Å². The number of fused-ring (bicyclic) bond motifs is 2. The highest BCUT2D eigenvalue weighted by Crippen LogP contribution is 2.49. The summed E-state index contributed by atoms with van der Waals surface area (Å²) in [5, 5.41) is 62.4. The SMILES string of the molecule is CN[C@H]1CO[C@@H](O[C@H]2[C@H](O[C@H]3C#C/C=C\C#C[C@]4(O)CC(=O)C(NC(=O)OC)=C3/C4=C/CSSSC)O[C@H](C)C(NO[C@H]3C[C@H](O)[C@H](SC(=O)c4c(C)c(I)c(O[C@@H]5O[C@@H](C)[C@H](O)[C@@H](OC)[C@H]5O)c(OC)c4OC)[C@@H](C)O3)[C@@H]2O)C[C@@H]1OC. The highest BCUT2D eigenvalue weighted by molar-refractivity contribution is 14.1. The molecule has 24 nitrogen and oxygen atoms in total. The van der Waals surface area contributed by atoms with Gasteiger partial charge in [0.1, 0.15) is 36.6 Å². The number of methoxy groups -OCH3 is 5. The molecule has 1 unspecified atom stereocenters. The number of benzene rings is 1. The van der Waals surface area contributed by atoms with E-state index in [9.17, 15) is 39.9 Å². The smallest absolute Gasteiger partial charge is 0.411 e. The fourth-order valence-corrected chi connectivity index (χ4v) is 14.5. The van der Waals surface area contributed by atoms with E-state index in [0.29, 0.717) is 14.9 Å². The summed E-state index contributed by atoms with van der Waals surface area (Å²) in [6, 6.07) is -1.28. The minimum absolute atomic E-state index is 0.0170. The third-order valence-corrected chi connectivity index (χ3v) is 21.1. The van der Waals surface area contributed by atoms with E-state index < -0.39 is 127 Å². The van der Waals surface area contributed by atoms with E-state index in [0.717, 1.165) is 18.9 Å². The summed E-state index contributed by atoms with van der Waals surface area (Å²) in [5.74, 6) is 11.3. The number of carbonyl (C=O) groups excluding carboxylic acids is 3. The van der Waals surface area contributed by atoms with E-state index in [4.69, 9.17) is 61.7 Å². The Bertz CT molecular complexity index is 2690. The summed E-state index contributed by atoms with van der Waals surface area (Å²) in [6.45, 7) is 6.79. The van der Waals surface area contributed by atoms with Crippen molar-refractivity contribution in [2.75, 3.05) is 61.2 Å². The number of aliphatic hydroxyl groups is 5. The van der Waals surface area contributed by atoms with Crippen molar-refractivity contribution in [3.05, 3.63) is 49.8 Å². The Morgan fingerprint density at radius 1 is 0.880 bits per heavy atom. The Balaban J connectivity index is 1.11. The monoisotopic (exact) mass is 1350 g/mol. The first-order valence-corrected chi connectivity index (χ1v) is 32.3. The maximum Gasteiger partial charge on any atom is 0.411 e. The molecule has 0 aromatic heterocycles. The number of thioether (sulfide) groups is 1. The van der Waals surface area contributed by atoms with Crippen LogP contribution in [0, 0.1) is 34.2 Å². The molecule has 1 amide bonds. The lowest BCUT2D eigenvalue weighted by molar-refractivity contribution is -0.336. The van der Waals surface area contributed by atoms with Gasteiger partial charge in [-0.25, -0.2) is 4.79 Å². The number of aliphatic hydroxyl groups excluding tert-OH is 4. The fourth-order valence-electron chi connectivity index (χ4n) is 10.3. The van der Waals surface area contributed by atoms with Crippen LogP contribution in [0.5, 0.6) is 17.2 Å². The largest absolute Gasteiger partial charge is 0.492 e. The second-order valence-corrected chi connectivity index (χ2v) is 26.4. The second kappa shape index (κ2) is 30.8. The van der Waals surface area contributed by atoms with Crippen LogP contribution in [0.4, 0.5) is 4.79 Å². The molecule has 0 spiro atoms. The second-order valence-electron chi connectivity index (χ2n) is 19.8. The molecule has 4 saturated heterocycles. The van der Waals surface area contributed by atoms with Crippen LogP contribution in [-0.4, -0.2) is 219 Å². The van der Waals surface area contributed by atoms with Crippen LogP contribution in [0.25, 0.3) is 0 Å². The number of hydroxylamine groups is 1. The van der Waals surface area contributed by atoms with Gasteiger partial charge in [0.2, 0.25) is 17.2 Å². The molecule has 83 heavy (non-hydrogen) atoms. The number of allylic oxidation sites excluding steroid dienone is 3. The zero-order chi connectivity index (χ0) is 60.4. The summed E-state index contributed by atoms with van der Waals surface area (Å²) < 4.78 is 72.3. The van der Waals surface area contributed by atoms with Crippen molar-refractivity contribution in [2.45, 2.75) is 162 Å². The molecule has 1 aromatic rings. The van der Waals surface area contributed by atoms with Crippen molar-refractivity contribution < 1.29 is 102 Å². The van der Waals surface area contributed by atoms with Crippen LogP contribution in [0.15, 0.2) is 35.1 Å². The molecule has 0 saturated carbocycles. The first-order chi connectivity index (χ1) is 39.7. The molecule has 6 aliphatic rings. The molecule has 2 aliphatic carbocycles. The number of likely N-dealkylation sites (N-methyl/N-ethyl adjacent to an activating group) is 1. The predicted octanol–water partition coefficient (Wildman–Crippen LogP) is 2.81. The van der Waals surface area contributed by atoms with Gasteiger partial charge in [0.05, 0.1) is 97.0 Å². The highest BCUT2D eigenvalue weighted by Gasteiger charge is 2.52. The Labute approximate surface area is 511 Å². The molecule has 4 fully saturated rings. The minimum atomic E-state index is -2.05. The van der Waals surface area contributed by atoms with Crippen LogP contribution in [0.1, 0.15) is 56.0 Å². The molecule has 460 valence electrons. The average molecular weight is 1350 g/mol. The first-order valence-electron chi connectivity index (χ1n) is 26.3. The lowest BCUT2D eigenvalue weighted by Gasteiger charge is -2.46. The number of carbonyl (C=O) groups is 3. The minimum Gasteiger partial charge on any atom is -0.492 e. The lowest BCUT2D eigenvalue weighted by atomic mass is 9.75. The first kappa shape index (κ1) is 67.6. The molecule has 19 atom stereocenters. The van der Waals surface area contributed by atoms with Crippen LogP contribution >= 0.6 is 65.8 Å². The zero-order valence-electron chi connectivity index (χ0n) is 47.4. The van der Waals surface area contributed by atoms with E-state index in [1.165, 1.54) is 64.9 Å². The van der Waals surface area contributed by atoms with E-state index in [1.54, 1.807) is 47.9 Å². The molecule has 1 aromatic carbocycles. The lowest BCUT2D eigenvalue weighted by Crippen LogP contribution is -2.65. The van der Waals surface area contributed by atoms with Crippen LogP contribution < -0.4 is 30.3 Å². The number of hydrogen-bond donors (Lipinski definition) is 8. The van der Waals surface area contributed by atoms with Crippen LogP contribution in [0.3, 0.4) is 0 Å². The molecule has 7 rings (SSSR count). The molecule has 8 N–H and O–H groups in total. The normalized spacial score (nSPS) is 36.2. The van der Waals surface area contributed by atoms with E-state index in [2.05, 4.69) is 39.8 Å². The van der Waals surface area contributed by atoms with Gasteiger partial charge >= 0.3 is 6.09 Å². The number of Topliss-reactive ketones (excluding diaryl/α,β-unsaturated/α-hetero) is 1. The van der Waals surface area contributed by atoms with Gasteiger partial charge in [-0.1, -0.05) is 63.1 Å². The van der Waals surface area contributed by atoms with E-state index >= 15 is 0 Å². The Morgan fingerprint density at radius 3 is 2.27 bits per heavy atom. The fraction of sp³-hybridized carbons (Fsp3) is 0.648. The standard InChI is InChI=1S/C54H72IN3O21S4/c1-24-36(44(68-7)48(70-9)45(38(24)55)78-51-43(63)46(69-8)41(61)26(3)75-51)50(64)82-49-27(4)73-35(20-30(49)59)79-58-39-25(2)74-52(47(42(39)62)77-34-21-33(67-6)29(56-5)23-72-34)76-32-16-14-12-13-15-18-54(66)22-31(60)40(57-53(65)71-10)37(32)28(54)17-19-81-83-80-11/h12-13,17,25-27,29-30,32-35,39,41-43,46-47,49,51-52,56,58-59,61-63,66H,19-23H2,1-11H3,(H,57,65)/b13-12-,28-17-/t25-,26+,27-,29+,30+,32+,33+,34+,35+,39?,41+,42+,43-,46-,47-,49-,51+,52+,54+/m1/s1. The third-order valence-electron chi connectivity index (χ3n) is 14.7. The Kier molecular flexibility index (Phi) is 25.1. The molecule has 4 aliphatic heterocycles. The third kappa shape index (κ3) is 15.5. The molecule has 2 bridgehead atoms. The van der Waals surface area contributed by atoms with Crippen molar-refractivity contribution in [1.29, 1.82) is 0 Å². The molecular weight excluding hydrogens is 1280 g/mol. The van der Waals surface area contributed by atoms with Gasteiger partial charge in [-0.2, -0.15) is 5.48 Å². The van der Waals surface area contributed by atoms with Crippen molar-refractivity contribution in [3.8, 4) is 40.9 Å². The Hall–Kier alpha value is -2.94. The quantitative estimate of drug-likeness (QED) is 0.0289. The summed E-state index contributed by atoms with van der Waals surface area (Å²) in [4.78, 5) is 47.5. The van der Waals surface area contributed by atoms with Gasteiger partial charge in [0.25, 0.3) is 0 Å². The van der Waals surface area contributed by atoms with Crippen molar-refractivity contribution in [1.82, 2.24) is 16.1 Å². The summed E-state index contributed by atoms with van der Waals surface area (Å²) in [7, 11) is 13.0. The molecule has 0 radical (unpaired) electrons. The van der Waals surface area contributed by atoms with Gasteiger partial charge in [0.15, 0.2) is 41.8 Å². The number of rotatable bonds is 21. The average Bonchev–Trinajstić information content (AvgIpc) is 3.59. The number of amides is 1. The summed E-state index contributed by atoms with van der Waals surface area (Å²) in [6.07, 6.45) is -11.9. The summed E-state index contributed by atoms with van der Waals surface area (Å²) in [5.41, 5.74) is 1.28. The van der Waals surface area contributed by atoms with Gasteiger partial charge < -0.3 is 87.7 Å². The number of ether oxygens (including phenoxy) is 12. The maximum absolute atomic E-state index is 14.4. The molecule has 4 heterocycles. The number of nitrogens with one attached hydrogen (secondary N) is 3. The van der Waals surface area contributed by atoms with Crippen molar-refractivity contribution in [2.24, 2.45) is 0 Å². The number of hydrogen-bond acceptors (Lipinski definition) is 27. The van der Waals surface area contributed by atoms with Gasteiger partial charge in [0, 0.05) is 44.0 Å². The Morgan fingerprint density at radius 2 is 1.60 bits per heavy atom. The zero-order valence-corrected chi connectivity index (χ0v) is 52.9. The molecule has 29 heteroatoms. The highest BCUT2D eigenvalue weighted by atomic mass is 127. The van der Waals surface area contributed by atoms with Crippen LogP contribution in [-0.2, 0) is 52.3 Å². The van der Waals surface area contributed by atoms with E-state index in [1.807, 2.05) is 28.8 Å². The van der Waals surface area contributed by atoms with Gasteiger partial charge in [-0.3, -0.25) is 19.7 Å². The van der Waals surface area contributed by atoms with Crippen LogP contribution in [0.2, 0.25) is 0 Å². The number of ketones is 1. The topological polar surface area (TPSA) is 308 Å². The summed E-state index contributed by atoms with van der Waals surface area (Å²) >= 11 is 2.82. The van der Waals surface area contributed by atoms with Gasteiger partial charge in [-0.05, 0) is 91.1 Å². The van der Waals surface area contributed by atoms with Crippen molar-refractivity contribution >= 4 is 82.8 Å². The number of halogens is 1. The number of alkyl carbamates (subject to hydrolysis) is 1. The van der Waals surface area contributed by atoms with Crippen molar-refractivity contribution in [3.63, 3.8) is 0 Å². The maximum atomic E-state index is 14.4. The predicted molar refractivity (Wildman–Crippen MR) is 315 cm³/mol. The van der Waals surface area contributed by atoms with Gasteiger partial charge in [-0.15, -0.1) is 0 Å².